The van der Waals surface area contributed by atoms with Crippen LogP contribution in [0.25, 0.3) is 11.6 Å². The van der Waals surface area contributed by atoms with Crippen molar-refractivity contribution < 1.29 is 28.5 Å². The number of aliphatic hydroxyl groups excluding tert-OH is 1. The zero-order chi connectivity index (χ0) is 25.0. The first kappa shape index (κ1) is 25.7. The summed E-state index contributed by atoms with van der Waals surface area (Å²) < 4.78 is 29.7. The number of carbonyl (C=O) groups is 1. The number of nitrogens with two attached hydrogens (primary N) is 1. The van der Waals surface area contributed by atoms with Gasteiger partial charge in [0.25, 0.3) is 0 Å². The first-order valence-electron chi connectivity index (χ1n) is 11.1. The number of rotatable bonds is 13. The van der Waals surface area contributed by atoms with Crippen molar-refractivity contribution in [2.75, 3.05) is 33.4 Å². The Kier molecular flexibility index (Phi) is 9.65. The molecular formula is C27H29FN2O5. The second-order valence-electron chi connectivity index (χ2n) is 7.67. The minimum absolute atomic E-state index is 0.0911. The number of hydrogen-bond donors (Lipinski definition) is 3. The van der Waals surface area contributed by atoms with Crippen LogP contribution in [-0.4, -0.2) is 50.5 Å². The van der Waals surface area contributed by atoms with Crippen molar-refractivity contribution in [2.24, 2.45) is 5.73 Å². The van der Waals surface area contributed by atoms with E-state index in [1.165, 1.54) is 12.1 Å². The third kappa shape index (κ3) is 8.13. The molecule has 4 N–H and O–H groups in total. The molecule has 1 amide bonds. The van der Waals surface area contributed by atoms with E-state index in [0.717, 1.165) is 0 Å². The van der Waals surface area contributed by atoms with Crippen molar-refractivity contribution in [1.82, 2.24) is 5.32 Å². The zero-order valence-electron chi connectivity index (χ0n) is 19.4. The van der Waals surface area contributed by atoms with E-state index in [9.17, 15) is 14.3 Å². The minimum atomic E-state index is -0.722. The van der Waals surface area contributed by atoms with Crippen LogP contribution in [0.3, 0.4) is 0 Å². The van der Waals surface area contributed by atoms with E-state index in [0.29, 0.717) is 53.6 Å². The molecule has 0 saturated carbocycles. The van der Waals surface area contributed by atoms with Gasteiger partial charge in [-0.1, -0.05) is 36.4 Å². The van der Waals surface area contributed by atoms with Gasteiger partial charge < -0.3 is 30.4 Å². The molecule has 0 fully saturated rings. The molecule has 0 aliphatic heterocycles. The Morgan fingerprint density at radius 2 is 1.71 bits per heavy atom. The van der Waals surface area contributed by atoms with Crippen molar-refractivity contribution >= 4 is 17.6 Å². The van der Waals surface area contributed by atoms with E-state index in [-0.39, 0.29) is 12.4 Å². The Morgan fingerprint density at radius 1 is 1.03 bits per heavy atom. The highest BCUT2D eigenvalue weighted by molar-refractivity contribution is 6.23. The Morgan fingerprint density at radius 3 is 2.37 bits per heavy atom. The number of para-hydroxylation sites is 2. The minimum Gasteiger partial charge on any atom is -0.493 e. The lowest BCUT2D eigenvalue weighted by atomic mass is 10.0. The molecule has 0 aliphatic rings. The molecule has 0 heterocycles. The van der Waals surface area contributed by atoms with Crippen LogP contribution in [0.5, 0.6) is 17.2 Å². The molecule has 3 aromatic carbocycles. The molecule has 1 atom stereocenters. The van der Waals surface area contributed by atoms with Gasteiger partial charge in [-0.25, -0.2) is 4.39 Å². The third-order valence-electron chi connectivity index (χ3n) is 5.04. The number of primary amides is 1. The van der Waals surface area contributed by atoms with Crippen LogP contribution in [0.15, 0.2) is 72.8 Å². The molecule has 0 saturated heterocycles. The van der Waals surface area contributed by atoms with Crippen LogP contribution in [0.4, 0.5) is 4.39 Å². The lowest BCUT2D eigenvalue weighted by Crippen LogP contribution is -2.33. The summed E-state index contributed by atoms with van der Waals surface area (Å²) >= 11 is 0. The van der Waals surface area contributed by atoms with Crippen LogP contribution in [0, 0.1) is 5.82 Å². The summed E-state index contributed by atoms with van der Waals surface area (Å²) in [6.45, 7) is 1.39. The molecular weight excluding hydrogens is 451 g/mol. The van der Waals surface area contributed by atoms with Crippen LogP contribution < -0.4 is 25.3 Å². The number of hydrogen-bond acceptors (Lipinski definition) is 6. The summed E-state index contributed by atoms with van der Waals surface area (Å²) in [6, 6.07) is 20.0. The van der Waals surface area contributed by atoms with E-state index in [1.54, 1.807) is 49.6 Å². The molecule has 0 bridgehead atoms. The van der Waals surface area contributed by atoms with Crippen LogP contribution in [0.2, 0.25) is 0 Å². The standard InChI is InChI=1S/C27H29FN2O5/c1-33-25-4-2-3-5-26(25)34-15-14-30-17-22(31)18-35-23-12-8-20(9-13-23)24(27(29)32)16-19-6-10-21(28)11-7-19/h2-13,16,22,30-31H,14-15,17-18H2,1H3,(H2,29,32)/b24-16+. The maximum absolute atomic E-state index is 13.1. The van der Waals surface area contributed by atoms with Crippen molar-refractivity contribution in [3.05, 3.63) is 89.7 Å². The summed E-state index contributed by atoms with van der Waals surface area (Å²) in [6.07, 6.45) is 0.880. The molecule has 0 aromatic heterocycles. The van der Waals surface area contributed by atoms with E-state index in [2.05, 4.69) is 5.32 Å². The number of halogens is 1. The van der Waals surface area contributed by atoms with Gasteiger partial charge in [0.05, 0.1) is 7.11 Å². The highest BCUT2D eigenvalue weighted by atomic mass is 19.1. The Bertz CT molecular complexity index is 1120. The Balaban J connectivity index is 1.43. The Hall–Kier alpha value is -3.88. The highest BCUT2D eigenvalue weighted by Gasteiger charge is 2.10. The lowest BCUT2D eigenvalue weighted by Gasteiger charge is -2.14. The predicted octanol–water partition coefficient (Wildman–Crippen LogP) is 3.27. The highest BCUT2D eigenvalue weighted by Crippen LogP contribution is 2.25. The van der Waals surface area contributed by atoms with Gasteiger partial charge in [0.15, 0.2) is 11.5 Å². The van der Waals surface area contributed by atoms with E-state index < -0.39 is 12.0 Å². The van der Waals surface area contributed by atoms with Crippen molar-refractivity contribution in [1.29, 1.82) is 0 Å². The van der Waals surface area contributed by atoms with Gasteiger partial charge in [0, 0.05) is 18.7 Å². The first-order valence-corrected chi connectivity index (χ1v) is 11.1. The van der Waals surface area contributed by atoms with Crippen molar-refractivity contribution in [2.45, 2.75) is 6.10 Å². The van der Waals surface area contributed by atoms with Gasteiger partial charge in [0.2, 0.25) is 5.91 Å². The topological polar surface area (TPSA) is 103 Å². The van der Waals surface area contributed by atoms with Gasteiger partial charge >= 0.3 is 0 Å². The maximum atomic E-state index is 13.1. The van der Waals surface area contributed by atoms with E-state index in [4.69, 9.17) is 19.9 Å². The molecule has 8 heteroatoms. The molecule has 3 rings (SSSR count). The number of amides is 1. The summed E-state index contributed by atoms with van der Waals surface area (Å²) in [7, 11) is 1.59. The van der Waals surface area contributed by atoms with E-state index >= 15 is 0 Å². The van der Waals surface area contributed by atoms with Crippen LogP contribution in [-0.2, 0) is 4.79 Å². The van der Waals surface area contributed by atoms with Crippen molar-refractivity contribution in [3.8, 4) is 17.2 Å². The van der Waals surface area contributed by atoms with Crippen LogP contribution in [0.1, 0.15) is 11.1 Å². The van der Waals surface area contributed by atoms with Gasteiger partial charge in [-0.2, -0.15) is 0 Å². The quantitative estimate of drug-likeness (QED) is 0.197. The second kappa shape index (κ2) is 13.1. The average Bonchev–Trinajstić information content (AvgIpc) is 2.87. The summed E-state index contributed by atoms with van der Waals surface area (Å²) in [5.74, 6) is 0.914. The largest absolute Gasteiger partial charge is 0.493 e. The van der Waals surface area contributed by atoms with Crippen LogP contribution >= 0.6 is 0 Å². The molecule has 0 spiro atoms. The number of carbonyl (C=O) groups excluding carboxylic acids is 1. The average molecular weight is 481 g/mol. The molecule has 0 radical (unpaired) electrons. The zero-order valence-corrected chi connectivity index (χ0v) is 19.4. The van der Waals surface area contributed by atoms with E-state index in [1.807, 2.05) is 24.3 Å². The summed E-state index contributed by atoms with van der Waals surface area (Å²) in [4.78, 5) is 11.9. The molecule has 3 aromatic rings. The fourth-order valence-electron chi connectivity index (χ4n) is 3.24. The number of benzene rings is 3. The summed E-state index contributed by atoms with van der Waals surface area (Å²) in [5.41, 5.74) is 7.08. The molecule has 184 valence electrons. The molecule has 35 heavy (non-hydrogen) atoms. The number of ether oxygens (including phenoxy) is 3. The fraction of sp³-hybridized carbons (Fsp3) is 0.222. The maximum Gasteiger partial charge on any atom is 0.249 e. The Labute approximate surface area is 203 Å². The van der Waals surface area contributed by atoms with Gasteiger partial charge in [-0.15, -0.1) is 0 Å². The molecule has 1 unspecified atom stereocenters. The molecule has 0 aliphatic carbocycles. The predicted molar refractivity (Wildman–Crippen MR) is 133 cm³/mol. The number of nitrogens with one attached hydrogen (secondary N) is 1. The number of aliphatic hydroxyl groups is 1. The van der Waals surface area contributed by atoms with Gasteiger partial charge in [-0.05, 0) is 53.6 Å². The molecule has 7 nitrogen and oxygen atoms in total. The first-order chi connectivity index (χ1) is 17.0. The van der Waals surface area contributed by atoms with Crippen molar-refractivity contribution in [3.63, 3.8) is 0 Å². The third-order valence-corrected chi connectivity index (χ3v) is 5.04. The fourth-order valence-corrected chi connectivity index (χ4v) is 3.24. The number of methoxy groups -OCH3 is 1. The summed E-state index contributed by atoms with van der Waals surface area (Å²) in [5, 5.41) is 13.3. The lowest BCUT2D eigenvalue weighted by molar-refractivity contribution is -0.112. The van der Waals surface area contributed by atoms with Gasteiger partial charge in [0.1, 0.15) is 30.9 Å². The normalized spacial score (nSPS) is 12.1. The van der Waals surface area contributed by atoms with Gasteiger partial charge in [-0.3, -0.25) is 4.79 Å². The second-order valence-corrected chi connectivity index (χ2v) is 7.67. The smallest absolute Gasteiger partial charge is 0.249 e. The monoisotopic (exact) mass is 480 g/mol. The SMILES string of the molecule is COc1ccccc1OCCNCC(O)COc1ccc(/C(=C\c2ccc(F)cc2)C(N)=O)cc1.